The van der Waals surface area contributed by atoms with Gasteiger partial charge >= 0.3 is 12.0 Å². The fraction of sp³-hybridized carbons (Fsp3) is 0.278. The number of aryl methyl sites for hydroxylation is 2. The minimum atomic E-state index is -0.714. The molecule has 3 amide bonds. The van der Waals surface area contributed by atoms with Gasteiger partial charge in [0.1, 0.15) is 5.75 Å². The number of urea groups is 1. The summed E-state index contributed by atoms with van der Waals surface area (Å²) in [7, 11) is 0. The van der Waals surface area contributed by atoms with Gasteiger partial charge in [-0.25, -0.2) is 9.59 Å². The van der Waals surface area contributed by atoms with Gasteiger partial charge in [0.25, 0.3) is 5.91 Å². The largest absolute Gasteiger partial charge is 0.481 e. The fourth-order valence-electron chi connectivity index (χ4n) is 2.13. The normalized spacial score (nSPS) is 10.1. The summed E-state index contributed by atoms with van der Waals surface area (Å²) < 4.78 is 10.2. The van der Waals surface area contributed by atoms with Crippen molar-refractivity contribution in [1.29, 1.82) is 0 Å². The van der Waals surface area contributed by atoms with Crippen LogP contribution in [0.1, 0.15) is 16.0 Å². The Labute approximate surface area is 155 Å². The Hall–Kier alpha value is -2.87. The van der Waals surface area contributed by atoms with Crippen molar-refractivity contribution in [2.75, 3.05) is 13.2 Å². The number of nitrogens with one attached hydrogen (secondary N) is 2. The highest BCUT2D eigenvalue weighted by Crippen LogP contribution is 2.22. The minimum Gasteiger partial charge on any atom is -0.481 e. The van der Waals surface area contributed by atoms with Crippen LogP contribution in [0.15, 0.2) is 35.7 Å². The molecule has 2 aromatic rings. The van der Waals surface area contributed by atoms with Crippen molar-refractivity contribution in [1.82, 2.24) is 10.6 Å². The Morgan fingerprint density at radius 2 is 1.77 bits per heavy atom. The Morgan fingerprint density at radius 1 is 1.04 bits per heavy atom. The number of ether oxygens (including phenoxy) is 2. The van der Waals surface area contributed by atoms with Crippen molar-refractivity contribution in [3.05, 3.63) is 51.7 Å². The third-order valence-electron chi connectivity index (χ3n) is 3.36. The molecular formula is C18H20N2O5S. The Morgan fingerprint density at radius 3 is 2.42 bits per heavy atom. The van der Waals surface area contributed by atoms with Gasteiger partial charge < -0.3 is 14.8 Å². The number of amides is 3. The highest BCUT2D eigenvalue weighted by molar-refractivity contribution is 7.09. The third kappa shape index (κ3) is 6.21. The molecule has 26 heavy (non-hydrogen) atoms. The number of carbonyl (C=O) groups is 3. The highest BCUT2D eigenvalue weighted by atomic mass is 32.1. The highest BCUT2D eigenvalue weighted by Gasteiger charge is 2.12. The predicted octanol–water partition coefficient (Wildman–Crippen LogP) is 2.31. The fourth-order valence-corrected chi connectivity index (χ4v) is 2.78. The molecule has 0 atom stereocenters. The molecule has 0 saturated carbocycles. The summed E-state index contributed by atoms with van der Waals surface area (Å²) in [4.78, 5) is 35.8. The molecule has 0 unspecified atom stereocenters. The molecule has 7 nitrogen and oxygen atoms in total. The van der Waals surface area contributed by atoms with Crippen molar-refractivity contribution in [2.45, 2.75) is 20.4 Å². The average Bonchev–Trinajstić information content (AvgIpc) is 3.11. The van der Waals surface area contributed by atoms with Crippen molar-refractivity contribution in [3.63, 3.8) is 0 Å². The molecule has 1 aromatic carbocycles. The van der Waals surface area contributed by atoms with Gasteiger partial charge in [-0.05, 0) is 36.4 Å². The van der Waals surface area contributed by atoms with E-state index in [1.165, 1.54) is 11.3 Å². The SMILES string of the molecule is Cc1cccc(C)c1OCC(=O)OCC(=O)NC(=O)NCc1cccs1. The predicted molar refractivity (Wildman–Crippen MR) is 97.1 cm³/mol. The van der Waals surface area contributed by atoms with Gasteiger partial charge in [0.15, 0.2) is 13.2 Å². The second-order valence-electron chi connectivity index (χ2n) is 5.48. The number of esters is 1. The summed E-state index contributed by atoms with van der Waals surface area (Å²) in [5.74, 6) is -0.794. The van der Waals surface area contributed by atoms with Gasteiger partial charge in [0.05, 0.1) is 6.54 Å². The summed E-state index contributed by atoms with van der Waals surface area (Å²) >= 11 is 1.49. The maximum Gasteiger partial charge on any atom is 0.344 e. The zero-order valence-corrected chi connectivity index (χ0v) is 15.4. The summed E-state index contributed by atoms with van der Waals surface area (Å²) in [6.45, 7) is 3.19. The molecule has 0 fully saturated rings. The van der Waals surface area contributed by atoms with Crippen LogP contribution in [0, 0.1) is 13.8 Å². The van der Waals surface area contributed by atoms with E-state index in [4.69, 9.17) is 9.47 Å². The van der Waals surface area contributed by atoms with E-state index in [1.807, 2.05) is 49.6 Å². The number of imide groups is 1. The Balaban J connectivity index is 1.66. The lowest BCUT2D eigenvalue weighted by Gasteiger charge is -2.11. The topological polar surface area (TPSA) is 93.7 Å². The summed E-state index contributed by atoms with van der Waals surface area (Å²) in [6.07, 6.45) is 0. The molecule has 8 heteroatoms. The summed E-state index contributed by atoms with van der Waals surface area (Å²) in [5.41, 5.74) is 1.80. The lowest BCUT2D eigenvalue weighted by molar-refractivity contribution is -0.150. The van der Waals surface area contributed by atoms with Gasteiger partial charge in [-0.2, -0.15) is 0 Å². The van der Waals surface area contributed by atoms with E-state index >= 15 is 0 Å². The molecule has 2 N–H and O–H groups in total. The van der Waals surface area contributed by atoms with Crippen LogP contribution in [0.4, 0.5) is 4.79 Å². The smallest absolute Gasteiger partial charge is 0.344 e. The quantitative estimate of drug-likeness (QED) is 0.724. The van der Waals surface area contributed by atoms with Crippen LogP contribution < -0.4 is 15.4 Å². The number of thiophene rings is 1. The molecule has 1 heterocycles. The molecular weight excluding hydrogens is 356 g/mol. The van der Waals surface area contributed by atoms with E-state index in [-0.39, 0.29) is 6.61 Å². The molecule has 0 bridgehead atoms. The second kappa shape index (κ2) is 9.57. The lowest BCUT2D eigenvalue weighted by Crippen LogP contribution is -2.41. The van der Waals surface area contributed by atoms with E-state index in [0.29, 0.717) is 12.3 Å². The van der Waals surface area contributed by atoms with Crippen molar-refractivity contribution in [3.8, 4) is 5.75 Å². The minimum absolute atomic E-state index is 0.316. The maximum absolute atomic E-state index is 11.7. The molecule has 0 saturated heterocycles. The van der Waals surface area contributed by atoms with Gasteiger partial charge in [-0.3, -0.25) is 10.1 Å². The van der Waals surface area contributed by atoms with Crippen molar-refractivity contribution >= 4 is 29.2 Å². The molecule has 0 aliphatic rings. The van der Waals surface area contributed by atoms with E-state index < -0.39 is 24.5 Å². The van der Waals surface area contributed by atoms with Crippen molar-refractivity contribution < 1.29 is 23.9 Å². The number of benzene rings is 1. The molecule has 1 aromatic heterocycles. The molecule has 0 radical (unpaired) electrons. The van der Waals surface area contributed by atoms with Crippen LogP contribution in [0.25, 0.3) is 0 Å². The lowest BCUT2D eigenvalue weighted by atomic mass is 10.1. The first-order valence-corrected chi connectivity index (χ1v) is 8.78. The maximum atomic E-state index is 11.7. The van der Waals surface area contributed by atoms with Crippen LogP contribution >= 0.6 is 11.3 Å². The Kier molecular flexibility index (Phi) is 7.16. The number of hydrogen-bond donors (Lipinski definition) is 2. The van der Waals surface area contributed by atoms with E-state index in [9.17, 15) is 14.4 Å². The Bertz CT molecular complexity index is 754. The average molecular weight is 376 g/mol. The summed E-state index contributed by atoms with van der Waals surface area (Å²) in [5, 5.41) is 6.51. The third-order valence-corrected chi connectivity index (χ3v) is 4.24. The number of carbonyl (C=O) groups excluding carboxylic acids is 3. The van der Waals surface area contributed by atoms with E-state index in [0.717, 1.165) is 16.0 Å². The molecule has 2 rings (SSSR count). The first kappa shape index (κ1) is 19.5. The van der Waals surface area contributed by atoms with E-state index in [2.05, 4.69) is 10.6 Å². The monoisotopic (exact) mass is 376 g/mol. The van der Waals surface area contributed by atoms with Crippen LogP contribution in [-0.4, -0.2) is 31.1 Å². The van der Waals surface area contributed by atoms with Crippen LogP contribution in [0.2, 0.25) is 0 Å². The van der Waals surface area contributed by atoms with Gasteiger partial charge in [0.2, 0.25) is 0 Å². The van der Waals surface area contributed by atoms with Gasteiger partial charge in [-0.15, -0.1) is 11.3 Å². The molecule has 138 valence electrons. The second-order valence-corrected chi connectivity index (χ2v) is 6.51. The first-order chi connectivity index (χ1) is 12.5. The van der Waals surface area contributed by atoms with Gasteiger partial charge in [0, 0.05) is 4.88 Å². The summed E-state index contributed by atoms with van der Waals surface area (Å²) in [6, 6.07) is 8.72. The number of rotatable bonds is 7. The van der Waals surface area contributed by atoms with Crippen LogP contribution in [0.5, 0.6) is 5.75 Å². The van der Waals surface area contributed by atoms with Crippen LogP contribution in [0.3, 0.4) is 0 Å². The van der Waals surface area contributed by atoms with E-state index in [1.54, 1.807) is 0 Å². The molecule has 0 aliphatic carbocycles. The molecule has 0 aliphatic heterocycles. The van der Waals surface area contributed by atoms with Crippen LogP contribution in [-0.2, 0) is 20.9 Å². The molecule has 0 spiro atoms. The first-order valence-electron chi connectivity index (χ1n) is 7.90. The van der Waals surface area contributed by atoms with Gasteiger partial charge in [-0.1, -0.05) is 24.3 Å². The van der Waals surface area contributed by atoms with Crippen molar-refractivity contribution in [2.24, 2.45) is 0 Å². The number of hydrogen-bond acceptors (Lipinski definition) is 6. The number of para-hydroxylation sites is 1. The zero-order chi connectivity index (χ0) is 18.9. The zero-order valence-electron chi connectivity index (χ0n) is 14.5. The standard InChI is InChI=1S/C18H20N2O5S/c1-12-5-3-6-13(2)17(12)25-11-16(22)24-10-15(21)20-18(23)19-9-14-7-4-8-26-14/h3-8H,9-11H2,1-2H3,(H2,19,20,21,23).